The summed E-state index contributed by atoms with van der Waals surface area (Å²) in [4.78, 5) is 62.2. The number of H-pyrrole nitrogens is 2. The van der Waals surface area contributed by atoms with Crippen molar-refractivity contribution >= 4 is 45.6 Å². The third-order valence-corrected chi connectivity index (χ3v) is 20.1. The molecule has 2 aromatic heterocycles. The fraction of sp³-hybridized carbons (Fsp3) is 0.667. The molecule has 21 atom stereocenters. The molecule has 0 radical (unpaired) electrons. The Morgan fingerprint density at radius 3 is 2.38 bits per heavy atom. The number of carbonyl (C=O) groups excluding carboxylic acids is 3. The van der Waals surface area contributed by atoms with E-state index in [1.807, 2.05) is 65.0 Å². The molecule has 79 heavy (non-hydrogen) atoms. The number of hydrogen-bond acceptors (Lipinski definition) is 15. The summed E-state index contributed by atoms with van der Waals surface area (Å²) in [5.41, 5.74) is 2.71. The van der Waals surface area contributed by atoms with E-state index < -0.39 is 125 Å². The van der Waals surface area contributed by atoms with E-state index in [4.69, 9.17) is 38.9 Å². The van der Waals surface area contributed by atoms with Gasteiger partial charge < -0.3 is 74.6 Å². The lowest BCUT2D eigenvalue weighted by Crippen LogP contribution is -2.62. The fourth-order valence-corrected chi connectivity index (χ4v) is 15.3. The lowest BCUT2D eigenvalue weighted by Gasteiger charge is -2.53. The van der Waals surface area contributed by atoms with Gasteiger partial charge in [0.25, 0.3) is 5.91 Å². The summed E-state index contributed by atoms with van der Waals surface area (Å²) in [6.07, 6.45) is 2.87. The summed E-state index contributed by atoms with van der Waals surface area (Å²) in [5, 5.41) is 52.3. The van der Waals surface area contributed by atoms with E-state index in [0.717, 1.165) is 22.7 Å². The SMILES string of the molecule is CCC1CC2(C)C=C(C(=O)O)C(C)CC23NC(=O)/C(=C(\O)C2(C)C(C=CC4C(O[C@@H]5CC[C@H](O[C@H]6O[C@@H](C)C[C@H](O[C@H]7O[C@@H](C)[C@@H](N)C[C@H]7OC(=O)c7cc8c([nH]7)[nH]c7ccccc78)[C@]6(C)O)[C@H](C)O5)CCCC42)CC1O)C3=O. The lowest BCUT2D eigenvalue weighted by molar-refractivity contribution is -0.361. The van der Waals surface area contributed by atoms with Crippen LogP contribution in [-0.2, 0) is 47.5 Å². The number of fused-ring (bicyclic) bond motifs is 7. The molecule has 8 aliphatic rings. The first kappa shape index (κ1) is 55.9. The van der Waals surface area contributed by atoms with Crippen LogP contribution in [0.25, 0.3) is 21.9 Å². The number of nitrogens with one attached hydrogen (secondary N) is 3. The van der Waals surface area contributed by atoms with Crippen LogP contribution < -0.4 is 11.1 Å². The van der Waals surface area contributed by atoms with Gasteiger partial charge in [-0.15, -0.1) is 0 Å². The number of aromatic nitrogens is 2. The Balaban J connectivity index is 0.770. The molecule has 4 saturated heterocycles. The van der Waals surface area contributed by atoms with E-state index in [0.29, 0.717) is 37.8 Å². The predicted molar refractivity (Wildman–Crippen MR) is 288 cm³/mol. The molecule has 1 spiro atoms. The number of allylic oxidation sites excluding steroid dienone is 2. The molecule has 4 aliphatic carbocycles. The fourth-order valence-electron chi connectivity index (χ4n) is 15.3. The first-order valence-corrected chi connectivity index (χ1v) is 28.8. The van der Waals surface area contributed by atoms with E-state index in [9.17, 15) is 34.8 Å². The van der Waals surface area contributed by atoms with Crippen LogP contribution >= 0.6 is 0 Å². The molecule has 4 aliphatic heterocycles. The number of hydrogen-bond donors (Lipinski definition) is 8. The maximum Gasteiger partial charge on any atom is 0.355 e. The van der Waals surface area contributed by atoms with Crippen molar-refractivity contribution < 1.29 is 72.8 Å². The molecule has 1 amide bonds. The summed E-state index contributed by atoms with van der Waals surface area (Å²) in [6.45, 7) is 14.6. The number of aliphatic hydroxyl groups excluding tert-OH is 2. The Hall–Kier alpha value is -4.96. The van der Waals surface area contributed by atoms with Crippen molar-refractivity contribution in [1.82, 2.24) is 15.3 Å². The van der Waals surface area contributed by atoms with Gasteiger partial charge >= 0.3 is 11.9 Å². The van der Waals surface area contributed by atoms with Crippen LogP contribution in [0.3, 0.4) is 0 Å². The van der Waals surface area contributed by atoms with Gasteiger partial charge in [-0.2, -0.15) is 0 Å². The van der Waals surface area contributed by atoms with E-state index >= 15 is 4.79 Å². The molecule has 1 saturated carbocycles. The quantitative estimate of drug-likeness (QED) is 0.0562. The molecule has 1 aromatic carbocycles. The summed E-state index contributed by atoms with van der Waals surface area (Å²) in [6, 6.07) is 9.13. The Morgan fingerprint density at radius 2 is 1.63 bits per heavy atom. The van der Waals surface area contributed by atoms with Crippen molar-refractivity contribution in [3.05, 3.63) is 71.2 Å². The Morgan fingerprint density at radius 1 is 0.861 bits per heavy atom. The monoisotopic (exact) mass is 1100 g/mol. The zero-order valence-electron chi connectivity index (χ0n) is 46.6. The smallest absolute Gasteiger partial charge is 0.355 e. The minimum atomic E-state index is -1.69. The van der Waals surface area contributed by atoms with Crippen LogP contribution in [0.2, 0.25) is 0 Å². The van der Waals surface area contributed by atoms with Gasteiger partial charge in [-0.1, -0.05) is 77.0 Å². The Kier molecular flexibility index (Phi) is 14.7. The van der Waals surface area contributed by atoms with Gasteiger partial charge in [-0.3, -0.25) is 9.59 Å². The normalized spacial score (nSPS) is 44.5. The number of carbonyl (C=O) groups is 4. The number of carboxylic acids is 1. The number of esters is 1. The lowest BCUT2D eigenvalue weighted by atomic mass is 9.53. The highest BCUT2D eigenvalue weighted by atomic mass is 16.7. The van der Waals surface area contributed by atoms with Crippen molar-refractivity contribution in [2.24, 2.45) is 46.2 Å². The van der Waals surface area contributed by atoms with Crippen LogP contribution in [0.15, 0.2) is 65.5 Å². The zero-order valence-corrected chi connectivity index (χ0v) is 46.6. The molecule has 2 bridgehead atoms. The third-order valence-electron chi connectivity index (χ3n) is 20.1. The van der Waals surface area contributed by atoms with Crippen LogP contribution in [0.5, 0.6) is 0 Å². The average molecular weight is 1100 g/mol. The van der Waals surface area contributed by atoms with Gasteiger partial charge in [0.2, 0.25) is 0 Å². The molecule has 9 N–H and O–H groups in total. The number of aromatic amines is 2. The minimum absolute atomic E-state index is 0.0440. The van der Waals surface area contributed by atoms with Gasteiger partial charge in [-0.05, 0) is 102 Å². The summed E-state index contributed by atoms with van der Waals surface area (Å²) in [7, 11) is 0. The van der Waals surface area contributed by atoms with Gasteiger partial charge in [0.15, 0.2) is 30.8 Å². The highest BCUT2D eigenvalue weighted by Crippen LogP contribution is 2.60. The topological polar surface area (TPSA) is 283 Å². The van der Waals surface area contributed by atoms with Crippen molar-refractivity contribution in [2.45, 2.75) is 211 Å². The zero-order chi connectivity index (χ0) is 56.2. The number of carboxylic acid groups (broad SMARTS) is 1. The minimum Gasteiger partial charge on any atom is -0.511 e. The second-order valence-electron chi connectivity index (χ2n) is 25.2. The second-order valence-corrected chi connectivity index (χ2v) is 25.2. The summed E-state index contributed by atoms with van der Waals surface area (Å²) in [5.74, 6) is -5.06. The first-order valence-electron chi connectivity index (χ1n) is 28.8. The maximum atomic E-state index is 15.1. The molecule has 430 valence electrons. The van der Waals surface area contributed by atoms with Crippen LogP contribution in [0.4, 0.5) is 0 Å². The van der Waals surface area contributed by atoms with Gasteiger partial charge in [0.05, 0.1) is 42.7 Å². The molecular weight excluding hydrogens is 1020 g/mol. The van der Waals surface area contributed by atoms with Gasteiger partial charge in [-0.25, -0.2) is 9.59 Å². The number of amides is 1. The van der Waals surface area contributed by atoms with Crippen molar-refractivity contribution in [1.29, 1.82) is 0 Å². The van der Waals surface area contributed by atoms with Crippen LogP contribution in [0, 0.1) is 40.4 Å². The molecule has 19 nitrogen and oxygen atoms in total. The van der Waals surface area contributed by atoms with E-state index in [-0.39, 0.29) is 78.6 Å². The standard InChI is InChI=1S/C60H80N4O15/c1-9-32-26-57(6)27-37(53(69)70)28(2)25-60(57)50(67)48(52(68)64-60)49(66)58(7)33(22-42(32)65)17-18-35-38(58)14-12-16-44(35)76-47-20-19-43(31(5)74-47)78-56-59(8,72)46(21-29(3)73-56)79-55-45(24-39(61)30(4)75-55)77-54(71)41-23-36-34-13-10-11-15-40(34)62-51(36)63-41/h10-11,13,15,17-18,23,27-33,35,38-39,42-47,55-56,62-63,65-66,72H,9,12,14,16,19-22,24-26,61H2,1-8H3,(H,64,68)(H,69,70)/b49-48-/t28?,29-,30-,31-,32?,33?,35?,38?,39-,42?,43-,44?,45+,46-,47+,55+,56+,57?,58?,59-,60?/m0/s1. The average Bonchev–Trinajstić information content (AvgIpc) is 3.39. The highest BCUT2D eigenvalue weighted by molar-refractivity contribution is 6.29. The largest absolute Gasteiger partial charge is 0.511 e. The summed E-state index contributed by atoms with van der Waals surface area (Å²) >= 11 is 0. The number of nitrogens with two attached hydrogens (primary N) is 1. The highest BCUT2D eigenvalue weighted by Gasteiger charge is 2.66. The molecular formula is C60H80N4O15. The number of benzene rings is 1. The van der Waals surface area contributed by atoms with Crippen molar-refractivity contribution in [3.8, 4) is 0 Å². The third kappa shape index (κ3) is 9.49. The number of Topliss-reactive ketones (excluding diaryl/α,β-unsaturated/α-hetero) is 1. The van der Waals surface area contributed by atoms with Crippen molar-refractivity contribution in [2.75, 3.05) is 0 Å². The molecule has 3 aromatic rings. The molecule has 10 unspecified atom stereocenters. The predicted octanol–water partition coefficient (Wildman–Crippen LogP) is 7.30. The van der Waals surface area contributed by atoms with E-state index in [1.165, 1.54) is 0 Å². The maximum absolute atomic E-state index is 15.1. The van der Waals surface area contributed by atoms with Crippen LogP contribution in [0.1, 0.15) is 137 Å². The Bertz CT molecular complexity index is 2960. The molecule has 19 heteroatoms. The molecule has 5 fully saturated rings. The Labute approximate surface area is 460 Å². The second kappa shape index (κ2) is 20.8. The van der Waals surface area contributed by atoms with Gasteiger partial charge in [0.1, 0.15) is 33.8 Å². The van der Waals surface area contributed by atoms with E-state index in [1.54, 1.807) is 32.9 Å². The molecule has 11 rings (SSSR count). The van der Waals surface area contributed by atoms with E-state index in [2.05, 4.69) is 21.4 Å². The first-order chi connectivity index (χ1) is 37.5. The van der Waals surface area contributed by atoms with Crippen LogP contribution in [-0.4, -0.2) is 139 Å². The number of ether oxygens (including phenoxy) is 7. The number of rotatable bonds is 10. The molecule has 6 heterocycles. The number of aliphatic hydroxyl groups is 3. The van der Waals surface area contributed by atoms with Gasteiger partial charge in [0, 0.05) is 63.9 Å². The number of ketones is 1. The van der Waals surface area contributed by atoms with Crippen molar-refractivity contribution in [3.63, 3.8) is 0 Å². The number of para-hydroxylation sites is 1. The summed E-state index contributed by atoms with van der Waals surface area (Å²) < 4.78 is 45.4. The number of aliphatic carboxylic acids is 1.